The van der Waals surface area contributed by atoms with Crippen LogP contribution in [0.5, 0.6) is 0 Å². The Labute approximate surface area is 102 Å². The van der Waals surface area contributed by atoms with E-state index in [0.29, 0.717) is 6.04 Å². The molecule has 0 aliphatic carbocycles. The molecule has 0 amide bonds. The van der Waals surface area contributed by atoms with Gasteiger partial charge in [-0.2, -0.15) is 0 Å². The predicted octanol–water partition coefficient (Wildman–Crippen LogP) is 2.74. The molecule has 1 aliphatic rings. The molecule has 1 saturated heterocycles. The van der Waals surface area contributed by atoms with Gasteiger partial charge in [-0.25, -0.2) is 0 Å². The Bertz CT molecular complexity index is 191. The summed E-state index contributed by atoms with van der Waals surface area (Å²) in [7, 11) is 0. The second kappa shape index (κ2) is 6.61. The molecule has 0 aromatic carbocycles. The molecule has 1 heterocycles. The quantitative estimate of drug-likeness (QED) is 0.775. The van der Waals surface area contributed by atoms with Gasteiger partial charge in [-0.1, -0.05) is 27.7 Å². The summed E-state index contributed by atoms with van der Waals surface area (Å²) in [5.74, 6) is 1.65. The van der Waals surface area contributed by atoms with E-state index in [1.54, 1.807) is 0 Å². The van der Waals surface area contributed by atoms with Crippen LogP contribution >= 0.6 is 0 Å². The highest BCUT2D eigenvalue weighted by atomic mass is 15.2. The van der Waals surface area contributed by atoms with Gasteiger partial charge in [0, 0.05) is 18.6 Å². The van der Waals surface area contributed by atoms with Crippen LogP contribution in [-0.4, -0.2) is 36.6 Å². The zero-order valence-electron chi connectivity index (χ0n) is 11.8. The lowest BCUT2D eigenvalue weighted by atomic mass is 9.92. The number of likely N-dealkylation sites (tertiary alicyclic amines) is 1. The van der Waals surface area contributed by atoms with Crippen molar-refractivity contribution in [3.05, 3.63) is 0 Å². The van der Waals surface area contributed by atoms with E-state index in [4.69, 9.17) is 0 Å². The van der Waals surface area contributed by atoms with Crippen molar-refractivity contribution in [2.24, 2.45) is 11.8 Å². The molecule has 0 aromatic rings. The second-order valence-corrected chi connectivity index (χ2v) is 5.88. The molecule has 1 N–H and O–H groups in total. The van der Waals surface area contributed by atoms with Crippen LogP contribution in [-0.2, 0) is 0 Å². The van der Waals surface area contributed by atoms with Gasteiger partial charge in [0.25, 0.3) is 0 Å². The van der Waals surface area contributed by atoms with E-state index in [9.17, 15) is 0 Å². The van der Waals surface area contributed by atoms with Crippen LogP contribution in [0.25, 0.3) is 0 Å². The number of nitrogens with zero attached hydrogens (tertiary/aromatic N) is 1. The summed E-state index contributed by atoms with van der Waals surface area (Å²) in [4.78, 5) is 2.67. The Hall–Kier alpha value is -0.0800. The SMILES string of the molecule is CCNC(CN1CCC(C)CC1C)C(C)C. The maximum atomic E-state index is 3.62. The van der Waals surface area contributed by atoms with Gasteiger partial charge in [-0.05, 0) is 44.7 Å². The van der Waals surface area contributed by atoms with E-state index < -0.39 is 0 Å². The first-order valence-electron chi connectivity index (χ1n) is 7.02. The average Bonchev–Trinajstić information content (AvgIpc) is 2.20. The van der Waals surface area contributed by atoms with E-state index in [2.05, 4.69) is 44.8 Å². The number of piperidine rings is 1. The van der Waals surface area contributed by atoms with Crippen molar-refractivity contribution in [2.45, 2.75) is 59.5 Å². The van der Waals surface area contributed by atoms with Crippen molar-refractivity contribution in [2.75, 3.05) is 19.6 Å². The first kappa shape index (κ1) is 14.0. The molecule has 0 saturated carbocycles. The molecular weight excluding hydrogens is 196 g/mol. The first-order chi connectivity index (χ1) is 7.54. The third-order valence-electron chi connectivity index (χ3n) is 3.98. The normalized spacial score (nSPS) is 29.6. The molecule has 1 rings (SSSR count). The molecule has 96 valence electrons. The molecule has 2 nitrogen and oxygen atoms in total. The van der Waals surface area contributed by atoms with Gasteiger partial charge in [0.1, 0.15) is 0 Å². The summed E-state index contributed by atoms with van der Waals surface area (Å²) in [6, 6.07) is 1.42. The van der Waals surface area contributed by atoms with Gasteiger partial charge in [0.15, 0.2) is 0 Å². The molecule has 3 atom stereocenters. The first-order valence-corrected chi connectivity index (χ1v) is 7.02. The average molecular weight is 226 g/mol. The summed E-state index contributed by atoms with van der Waals surface area (Å²) in [5, 5.41) is 3.62. The minimum atomic E-state index is 0.654. The minimum absolute atomic E-state index is 0.654. The molecule has 0 spiro atoms. The van der Waals surface area contributed by atoms with Gasteiger partial charge in [0.05, 0.1) is 0 Å². The number of likely N-dealkylation sites (N-methyl/N-ethyl adjacent to an activating group) is 1. The molecule has 0 bridgehead atoms. The van der Waals surface area contributed by atoms with Gasteiger partial charge >= 0.3 is 0 Å². The lowest BCUT2D eigenvalue weighted by Gasteiger charge is -2.39. The fourth-order valence-corrected chi connectivity index (χ4v) is 2.75. The zero-order chi connectivity index (χ0) is 12.1. The predicted molar refractivity (Wildman–Crippen MR) is 71.7 cm³/mol. The van der Waals surface area contributed by atoms with Crippen LogP contribution in [0.4, 0.5) is 0 Å². The fraction of sp³-hybridized carbons (Fsp3) is 1.00. The standard InChI is InChI=1S/C14H30N2/c1-6-15-14(11(2)3)10-16-8-7-12(4)9-13(16)5/h11-15H,6-10H2,1-5H3. The highest BCUT2D eigenvalue weighted by Crippen LogP contribution is 2.22. The molecule has 0 radical (unpaired) electrons. The lowest BCUT2D eigenvalue weighted by Crippen LogP contribution is -2.49. The van der Waals surface area contributed by atoms with Crippen LogP contribution < -0.4 is 5.32 Å². The second-order valence-electron chi connectivity index (χ2n) is 5.88. The van der Waals surface area contributed by atoms with Crippen molar-refractivity contribution < 1.29 is 0 Å². The third-order valence-corrected chi connectivity index (χ3v) is 3.98. The summed E-state index contributed by atoms with van der Waals surface area (Å²) in [5.41, 5.74) is 0. The minimum Gasteiger partial charge on any atom is -0.313 e. The van der Waals surface area contributed by atoms with Gasteiger partial charge in [-0.3, -0.25) is 4.90 Å². The Balaban J connectivity index is 2.44. The highest BCUT2D eigenvalue weighted by Gasteiger charge is 2.25. The third kappa shape index (κ3) is 4.06. The van der Waals surface area contributed by atoms with Gasteiger partial charge in [0.2, 0.25) is 0 Å². The summed E-state index contributed by atoms with van der Waals surface area (Å²) in [6.45, 7) is 15.2. The Kier molecular flexibility index (Phi) is 5.77. The van der Waals surface area contributed by atoms with Gasteiger partial charge < -0.3 is 5.32 Å². The highest BCUT2D eigenvalue weighted by molar-refractivity contribution is 4.82. The van der Waals surface area contributed by atoms with Crippen molar-refractivity contribution in [1.82, 2.24) is 10.2 Å². The van der Waals surface area contributed by atoms with E-state index in [-0.39, 0.29) is 0 Å². The van der Waals surface area contributed by atoms with Crippen LogP contribution in [0.1, 0.15) is 47.5 Å². The molecule has 2 heteroatoms. The van der Waals surface area contributed by atoms with Crippen LogP contribution in [0.15, 0.2) is 0 Å². The van der Waals surface area contributed by atoms with Crippen LogP contribution in [0, 0.1) is 11.8 Å². The zero-order valence-corrected chi connectivity index (χ0v) is 11.8. The molecule has 1 fully saturated rings. The van der Waals surface area contributed by atoms with Gasteiger partial charge in [-0.15, -0.1) is 0 Å². The van der Waals surface area contributed by atoms with E-state index >= 15 is 0 Å². The Morgan fingerprint density at radius 2 is 2.00 bits per heavy atom. The molecule has 0 aromatic heterocycles. The Morgan fingerprint density at radius 3 is 2.50 bits per heavy atom. The summed E-state index contributed by atoms with van der Waals surface area (Å²) < 4.78 is 0. The number of hydrogen-bond acceptors (Lipinski definition) is 2. The molecular formula is C14H30N2. The van der Waals surface area contributed by atoms with E-state index in [1.807, 2.05) is 0 Å². The number of hydrogen-bond donors (Lipinski definition) is 1. The molecule has 3 unspecified atom stereocenters. The number of rotatable bonds is 5. The van der Waals surface area contributed by atoms with Crippen molar-refractivity contribution in [3.63, 3.8) is 0 Å². The van der Waals surface area contributed by atoms with E-state index in [0.717, 1.165) is 24.4 Å². The monoisotopic (exact) mass is 226 g/mol. The maximum absolute atomic E-state index is 3.62. The van der Waals surface area contributed by atoms with Crippen molar-refractivity contribution in [3.8, 4) is 0 Å². The van der Waals surface area contributed by atoms with Crippen LogP contribution in [0.2, 0.25) is 0 Å². The maximum Gasteiger partial charge on any atom is 0.0217 e. The summed E-state index contributed by atoms with van der Waals surface area (Å²) >= 11 is 0. The summed E-state index contributed by atoms with van der Waals surface area (Å²) in [6.07, 6.45) is 2.75. The largest absolute Gasteiger partial charge is 0.313 e. The number of nitrogens with one attached hydrogen (secondary N) is 1. The lowest BCUT2D eigenvalue weighted by molar-refractivity contribution is 0.108. The fourth-order valence-electron chi connectivity index (χ4n) is 2.75. The van der Waals surface area contributed by atoms with Crippen molar-refractivity contribution in [1.29, 1.82) is 0 Å². The van der Waals surface area contributed by atoms with Crippen molar-refractivity contribution >= 4 is 0 Å². The topological polar surface area (TPSA) is 15.3 Å². The Morgan fingerprint density at radius 1 is 1.31 bits per heavy atom. The van der Waals surface area contributed by atoms with E-state index in [1.165, 1.54) is 25.9 Å². The van der Waals surface area contributed by atoms with Crippen LogP contribution in [0.3, 0.4) is 0 Å². The smallest absolute Gasteiger partial charge is 0.0217 e. The molecule has 16 heavy (non-hydrogen) atoms. The molecule has 1 aliphatic heterocycles.